The zero-order chi connectivity index (χ0) is 12.3. The van der Waals surface area contributed by atoms with Crippen molar-refractivity contribution in [2.75, 3.05) is 0 Å². The molecule has 0 unspecified atom stereocenters. The minimum absolute atomic E-state index is 0.254. The van der Waals surface area contributed by atoms with Crippen LogP contribution in [0.4, 0.5) is 0 Å². The number of carbonyl (C=O) groups excluding carboxylic acids is 1. The van der Waals surface area contributed by atoms with Gasteiger partial charge in [-0.25, -0.2) is 4.79 Å². The molecule has 3 heteroatoms. The van der Waals surface area contributed by atoms with Gasteiger partial charge in [0.05, 0.1) is 5.92 Å². The molecule has 0 amide bonds. The van der Waals surface area contributed by atoms with Crippen molar-refractivity contribution < 1.29 is 14.6 Å². The predicted octanol–water partition coefficient (Wildman–Crippen LogP) is 1.71. The van der Waals surface area contributed by atoms with E-state index in [0.717, 1.165) is 6.42 Å². The van der Waals surface area contributed by atoms with Gasteiger partial charge in [0, 0.05) is 0 Å². The molecule has 17 heavy (non-hydrogen) atoms. The zero-order valence-electron chi connectivity index (χ0n) is 9.58. The Kier molecular flexibility index (Phi) is 3.59. The molecule has 90 valence electrons. The topological polar surface area (TPSA) is 46.5 Å². The van der Waals surface area contributed by atoms with Gasteiger partial charge < -0.3 is 9.84 Å². The SMILES string of the molecule is C=C[C@@H]1[C@@H](CCc2ccccc2)OC(=O)[C@@H]1O. The van der Waals surface area contributed by atoms with Gasteiger partial charge in [0.25, 0.3) is 0 Å². The van der Waals surface area contributed by atoms with Crippen LogP contribution in [0.1, 0.15) is 12.0 Å². The van der Waals surface area contributed by atoms with Crippen molar-refractivity contribution in [2.45, 2.75) is 25.0 Å². The second-order valence-corrected chi connectivity index (χ2v) is 4.26. The quantitative estimate of drug-likeness (QED) is 0.635. The van der Waals surface area contributed by atoms with E-state index in [1.807, 2.05) is 30.3 Å². The molecule has 0 bridgehead atoms. The molecule has 3 nitrogen and oxygen atoms in total. The summed E-state index contributed by atoms with van der Waals surface area (Å²) in [7, 11) is 0. The Morgan fingerprint density at radius 2 is 2.06 bits per heavy atom. The summed E-state index contributed by atoms with van der Waals surface area (Å²) in [5.41, 5.74) is 1.20. The molecular weight excluding hydrogens is 216 g/mol. The van der Waals surface area contributed by atoms with E-state index in [2.05, 4.69) is 6.58 Å². The number of aliphatic hydroxyl groups excluding tert-OH is 1. The predicted molar refractivity (Wildman–Crippen MR) is 64.3 cm³/mol. The minimum Gasteiger partial charge on any atom is -0.460 e. The Morgan fingerprint density at radius 3 is 2.71 bits per heavy atom. The van der Waals surface area contributed by atoms with Crippen molar-refractivity contribution in [1.82, 2.24) is 0 Å². The van der Waals surface area contributed by atoms with Crippen LogP contribution in [-0.4, -0.2) is 23.3 Å². The standard InChI is InChI=1S/C14H16O3/c1-2-11-12(17-14(16)13(11)15)9-8-10-6-4-3-5-7-10/h2-7,11-13,15H,1,8-9H2/t11-,12-,13-/m1/s1. The number of esters is 1. The van der Waals surface area contributed by atoms with Crippen molar-refractivity contribution in [3.63, 3.8) is 0 Å². The Hall–Kier alpha value is -1.61. The highest BCUT2D eigenvalue weighted by molar-refractivity contribution is 5.77. The van der Waals surface area contributed by atoms with Crippen molar-refractivity contribution in [1.29, 1.82) is 0 Å². The highest BCUT2D eigenvalue weighted by atomic mass is 16.6. The van der Waals surface area contributed by atoms with Gasteiger partial charge in [-0.05, 0) is 18.4 Å². The Morgan fingerprint density at radius 1 is 1.35 bits per heavy atom. The molecule has 3 atom stereocenters. The van der Waals surface area contributed by atoms with Gasteiger partial charge in [-0.2, -0.15) is 0 Å². The number of carbonyl (C=O) groups is 1. The normalized spacial score (nSPS) is 27.8. The maximum atomic E-state index is 11.2. The number of aliphatic hydroxyl groups is 1. The number of cyclic esters (lactones) is 1. The average Bonchev–Trinajstić information content (AvgIpc) is 2.63. The van der Waals surface area contributed by atoms with Crippen LogP contribution in [0, 0.1) is 5.92 Å². The molecule has 1 heterocycles. The molecule has 1 saturated heterocycles. The lowest BCUT2D eigenvalue weighted by Gasteiger charge is -2.14. The number of benzene rings is 1. The number of rotatable bonds is 4. The van der Waals surface area contributed by atoms with Gasteiger partial charge in [-0.1, -0.05) is 36.4 Å². The van der Waals surface area contributed by atoms with Crippen LogP contribution < -0.4 is 0 Å². The summed E-state index contributed by atoms with van der Waals surface area (Å²) >= 11 is 0. The fourth-order valence-electron chi connectivity index (χ4n) is 2.14. The van der Waals surface area contributed by atoms with E-state index in [0.29, 0.717) is 6.42 Å². The molecule has 0 spiro atoms. The smallest absolute Gasteiger partial charge is 0.336 e. The highest BCUT2D eigenvalue weighted by Crippen LogP contribution is 2.27. The second kappa shape index (κ2) is 5.15. The Bertz CT molecular complexity index is 399. The van der Waals surface area contributed by atoms with Gasteiger partial charge in [0.1, 0.15) is 6.10 Å². The second-order valence-electron chi connectivity index (χ2n) is 4.26. The van der Waals surface area contributed by atoms with E-state index in [4.69, 9.17) is 4.74 Å². The van der Waals surface area contributed by atoms with Crippen LogP contribution in [0.15, 0.2) is 43.0 Å². The monoisotopic (exact) mass is 232 g/mol. The number of hydrogen-bond donors (Lipinski definition) is 1. The third kappa shape index (κ3) is 2.56. The summed E-state index contributed by atoms with van der Waals surface area (Å²) in [6.07, 6.45) is 1.84. The Labute approximate surface area is 101 Å². The van der Waals surface area contributed by atoms with Gasteiger partial charge in [-0.15, -0.1) is 6.58 Å². The molecular formula is C14H16O3. The first-order chi connectivity index (χ1) is 8.22. The molecule has 1 N–H and O–H groups in total. The van der Waals surface area contributed by atoms with E-state index in [1.54, 1.807) is 6.08 Å². The molecule has 2 rings (SSSR count). The maximum absolute atomic E-state index is 11.2. The van der Waals surface area contributed by atoms with Gasteiger partial charge in [-0.3, -0.25) is 0 Å². The van der Waals surface area contributed by atoms with Crippen molar-refractivity contribution >= 4 is 5.97 Å². The van der Waals surface area contributed by atoms with E-state index < -0.39 is 12.1 Å². The number of ether oxygens (including phenoxy) is 1. The molecule has 1 aliphatic heterocycles. The molecule has 1 fully saturated rings. The number of hydrogen-bond acceptors (Lipinski definition) is 3. The Balaban J connectivity index is 1.95. The molecule has 0 aromatic heterocycles. The van der Waals surface area contributed by atoms with Crippen LogP contribution in [0.3, 0.4) is 0 Å². The summed E-state index contributed by atoms with van der Waals surface area (Å²) in [6.45, 7) is 3.64. The maximum Gasteiger partial charge on any atom is 0.336 e. The van der Waals surface area contributed by atoms with Crippen LogP contribution in [0.2, 0.25) is 0 Å². The van der Waals surface area contributed by atoms with E-state index in [1.165, 1.54) is 5.56 Å². The van der Waals surface area contributed by atoms with Crippen LogP contribution in [0.25, 0.3) is 0 Å². The number of aryl methyl sites for hydroxylation is 1. The molecule has 1 aromatic rings. The molecule has 0 radical (unpaired) electrons. The third-order valence-electron chi connectivity index (χ3n) is 3.14. The van der Waals surface area contributed by atoms with E-state index in [-0.39, 0.29) is 12.0 Å². The first kappa shape index (κ1) is 11.9. The molecule has 1 aliphatic rings. The summed E-state index contributed by atoms with van der Waals surface area (Å²) in [5.74, 6) is -0.820. The van der Waals surface area contributed by atoms with Crippen LogP contribution in [0.5, 0.6) is 0 Å². The van der Waals surface area contributed by atoms with Gasteiger partial charge >= 0.3 is 5.97 Å². The lowest BCUT2D eigenvalue weighted by atomic mass is 9.94. The lowest BCUT2D eigenvalue weighted by molar-refractivity contribution is -0.147. The first-order valence-corrected chi connectivity index (χ1v) is 5.77. The van der Waals surface area contributed by atoms with Crippen molar-refractivity contribution in [2.24, 2.45) is 5.92 Å². The van der Waals surface area contributed by atoms with Gasteiger partial charge in [0.2, 0.25) is 0 Å². The lowest BCUT2D eigenvalue weighted by Crippen LogP contribution is -2.23. The average molecular weight is 232 g/mol. The summed E-state index contributed by atoms with van der Waals surface area (Å²) < 4.78 is 5.14. The highest BCUT2D eigenvalue weighted by Gasteiger charge is 2.41. The van der Waals surface area contributed by atoms with E-state index in [9.17, 15) is 9.90 Å². The first-order valence-electron chi connectivity index (χ1n) is 5.77. The van der Waals surface area contributed by atoms with Crippen molar-refractivity contribution in [3.05, 3.63) is 48.6 Å². The summed E-state index contributed by atoms with van der Waals surface area (Å²) in [6, 6.07) is 10.0. The largest absolute Gasteiger partial charge is 0.460 e. The molecule has 0 aliphatic carbocycles. The van der Waals surface area contributed by atoms with E-state index >= 15 is 0 Å². The summed E-state index contributed by atoms with van der Waals surface area (Å²) in [5, 5.41) is 9.58. The molecule has 0 saturated carbocycles. The van der Waals surface area contributed by atoms with Crippen LogP contribution in [-0.2, 0) is 16.0 Å². The summed E-state index contributed by atoms with van der Waals surface area (Å²) in [4.78, 5) is 11.2. The third-order valence-corrected chi connectivity index (χ3v) is 3.14. The minimum atomic E-state index is -1.05. The van der Waals surface area contributed by atoms with Crippen LogP contribution >= 0.6 is 0 Å². The zero-order valence-corrected chi connectivity index (χ0v) is 9.58. The van der Waals surface area contributed by atoms with Crippen molar-refractivity contribution in [3.8, 4) is 0 Å². The fraction of sp³-hybridized carbons (Fsp3) is 0.357. The molecule has 1 aromatic carbocycles. The van der Waals surface area contributed by atoms with Gasteiger partial charge in [0.15, 0.2) is 6.10 Å². The fourth-order valence-corrected chi connectivity index (χ4v) is 2.14.